The van der Waals surface area contributed by atoms with Crippen molar-refractivity contribution in [2.75, 3.05) is 18.6 Å². The van der Waals surface area contributed by atoms with Gasteiger partial charge in [0.2, 0.25) is 0 Å². The number of anilines is 1. The topological polar surface area (TPSA) is 29.5 Å². The summed E-state index contributed by atoms with van der Waals surface area (Å²) in [5, 5.41) is 0. The molecule has 0 fully saturated rings. The fourth-order valence-electron chi connectivity index (χ4n) is 2.26. The van der Waals surface area contributed by atoms with Gasteiger partial charge in [0.1, 0.15) is 6.04 Å². The number of nitrogens with zero attached hydrogens (tertiary/aromatic N) is 1. The maximum atomic E-state index is 11.6. The van der Waals surface area contributed by atoms with Gasteiger partial charge in [0, 0.05) is 12.2 Å². The maximum Gasteiger partial charge on any atom is 0.328 e. The lowest BCUT2D eigenvalue weighted by molar-refractivity contribution is -0.141. The second-order valence-electron chi connectivity index (χ2n) is 4.12. The third kappa shape index (κ3) is 1.90. The molecule has 0 saturated carbocycles. The second-order valence-corrected chi connectivity index (χ2v) is 4.12. The van der Waals surface area contributed by atoms with Gasteiger partial charge in [-0.2, -0.15) is 0 Å². The summed E-state index contributed by atoms with van der Waals surface area (Å²) in [7, 11) is 1.44. The number of aryl methyl sites for hydroxylation is 1. The first-order valence-corrected chi connectivity index (χ1v) is 5.66. The van der Waals surface area contributed by atoms with E-state index in [1.807, 2.05) is 19.1 Å². The maximum absolute atomic E-state index is 11.6. The molecule has 0 radical (unpaired) electrons. The van der Waals surface area contributed by atoms with Crippen molar-refractivity contribution < 1.29 is 9.53 Å². The van der Waals surface area contributed by atoms with Crippen molar-refractivity contribution in [3.63, 3.8) is 0 Å². The van der Waals surface area contributed by atoms with Gasteiger partial charge in [-0.05, 0) is 31.4 Å². The molecule has 16 heavy (non-hydrogen) atoms. The van der Waals surface area contributed by atoms with Crippen molar-refractivity contribution >= 4 is 11.7 Å². The number of carbonyl (C=O) groups is 1. The molecule has 1 atom stereocenters. The van der Waals surface area contributed by atoms with Crippen LogP contribution in [-0.2, 0) is 16.0 Å². The molecule has 0 N–H and O–H groups in total. The van der Waals surface area contributed by atoms with Crippen LogP contribution in [0.4, 0.5) is 5.69 Å². The van der Waals surface area contributed by atoms with Gasteiger partial charge in [0.25, 0.3) is 0 Å². The van der Waals surface area contributed by atoms with Gasteiger partial charge < -0.3 is 9.64 Å². The van der Waals surface area contributed by atoms with Gasteiger partial charge in [0.15, 0.2) is 0 Å². The summed E-state index contributed by atoms with van der Waals surface area (Å²) in [6.07, 6.45) is 2.19. The van der Waals surface area contributed by atoms with Crippen molar-refractivity contribution in [3.05, 3.63) is 29.8 Å². The van der Waals surface area contributed by atoms with Gasteiger partial charge in [-0.25, -0.2) is 4.79 Å². The first-order valence-electron chi connectivity index (χ1n) is 5.66. The molecular weight excluding hydrogens is 202 g/mol. The first-order chi connectivity index (χ1) is 7.74. The van der Waals surface area contributed by atoms with E-state index in [9.17, 15) is 4.79 Å². The third-order valence-corrected chi connectivity index (χ3v) is 3.16. The molecule has 1 unspecified atom stereocenters. The number of benzene rings is 1. The van der Waals surface area contributed by atoms with Crippen molar-refractivity contribution in [1.82, 2.24) is 0 Å². The molecule has 0 spiro atoms. The van der Waals surface area contributed by atoms with Crippen LogP contribution in [0.5, 0.6) is 0 Å². The van der Waals surface area contributed by atoms with Crippen molar-refractivity contribution in [2.24, 2.45) is 0 Å². The van der Waals surface area contributed by atoms with E-state index in [4.69, 9.17) is 4.74 Å². The SMILES string of the molecule is COC(=O)C(C)N1CCCc2ccccc21. The summed E-state index contributed by atoms with van der Waals surface area (Å²) in [5.41, 5.74) is 2.50. The minimum Gasteiger partial charge on any atom is -0.467 e. The fraction of sp³-hybridized carbons (Fsp3) is 0.462. The molecule has 1 aliphatic rings. The number of hydrogen-bond acceptors (Lipinski definition) is 3. The largest absolute Gasteiger partial charge is 0.467 e. The average molecular weight is 219 g/mol. The summed E-state index contributed by atoms with van der Waals surface area (Å²) >= 11 is 0. The lowest BCUT2D eigenvalue weighted by atomic mass is 10.0. The summed E-state index contributed by atoms with van der Waals surface area (Å²) < 4.78 is 4.80. The van der Waals surface area contributed by atoms with E-state index in [0.29, 0.717) is 0 Å². The molecule has 0 aromatic heterocycles. The van der Waals surface area contributed by atoms with E-state index in [-0.39, 0.29) is 12.0 Å². The Balaban J connectivity index is 2.28. The van der Waals surface area contributed by atoms with Crippen LogP contribution >= 0.6 is 0 Å². The molecule has 0 amide bonds. The van der Waals surface area contributed by atoms with Crippen LogP contribution in [0, 0.1) is 0 Å². The molecule has 2 rings (SSSR count). The van der Waals surface area contributed by atoms with E-state index in [1.54, 1.807) is 0 Å². The monoisotopic (exact) mass is 219 g/mol. The molecule has 3 heteroatoms. The standard InChI is InChI=1S/C13H17NO2/c1-10(13(15)16-2)14-9-5-7-11-6-3-4-8-12(11)14/h3-4,6,8,10H,5,7,9H2,1-2H3. The highest BCUT2D eigenvalue weighted by atomic mass is 16.5. The molecule has 1 heterocycles. The second kappa shape index (κ2) is 4.56. The lowest BCUT2D eigenvalue weighted by Crippen LogP contribution is -2.42. The number of ether oxygens (including phenoxy) is 1. The fourth-order valence-corrected chi connectivity index (χ4v) is 2.26. The number of fused-ring (bicyclic) bond motifs is 1. The molecular formula is C13H17NO2. The normalized spacial score (nSPS) is 16.5. The molecule has 1 aromatic rings. The molecule has 86 valence electrons. The van der Waals surface area contributed by atoms with Crippen molar-refractivity contribution in [3.8, 4) is 0 Å². The number of rotatable bonds is 2. The zero-order valence-electron chi connectivity index (χ0n) is 9.77. The zero-order valence-corrected chi connectivity index (χ0v) is 9.77. The molecule has 0 aliphatic carbocycles. The molecule has 0 bridgehead atoms. The third-order valence-electron chi connectivity index (χ3n) is 3.16. The van der Waals surface area contributed by atoms with E-state index in [1.165, 1.54) is 18.4 Å². The Morgan fingerprint density at radius 2 is 2.19 bits per heavy atom. The van der Waals surface area contributed by atoms with Gasteiger partial charge in [-0.3, -0.25) is 0 Å². The quantitative estimate of drug-likeness (QED) is 0.712. The highest BCUT2D eigenvalue weighted by Crippen LogP contribution is 2.28. The van der Waals surface area contributed by atoms with Crippen LogP contribution in [0.15, 0.2) is 24.3 Å². The van der Waals surface area contributed by atoms with Crippen LogP contribution < -0.4 is 4.90 Å². The minimum atomic E-state index is -0.202. The van der Waals surface area contributed by atoms with Crippen LogP contribution in [0.1, 0.15) is 18.9 Å². The number of methoxy groups -OCH3 is 1. The first kappa shape index (κ1) is 11.0. The molecule has 3 nitrogen and oxygen atoms in total. The summed E-state index contributed by atoms with van der Waals surface area (Å²) in [6.45, 7) is 2.82. The van der Waals surface area contributed by atoms with E-state index < -0.39 is 0 Å². The summed E-state index contributed by atoms with van der Waals surface area (Å²) in [5.74, 6) is -0.170. The Morgan fingerprint density at radius 1 is 1.44 bits per heavy atom. The average Bonchev–Trinajstić information content (AvgIpc) is 2.36. The number of para-hydroxylation sites is 1. The van der Waals surface area contributed by atoms with Crippen molar-refractivity contribution in [1.29, 1.82) is 0 Å². The highest BCUT2D eigenvalue weighted by molar-refractivity contribution is 5.80. The smallest absolute Gasteiger partial charge is 0.328 e. The van der Waals surface area contributed by atoms with Gasteiger partial charge >= 0.3 is 5.97 Å². The highest BCUT2D eigenvalue weighted by Gasteiger charge is 2.25. The van der Waals surface area contributed by atoms with E-state index >= 15 is 0 Å². The van der Waals surface area contributed by atoms with Crippen LogP contribution in [-0.4, -0.2) is 25.7 Å². The molecule has 1 aromatic carbocycles. The Hall–Kier alpha value is -1.51. The van der Waals surface area contributed by atoms with Gasteiger partial charge in [-0.1, -0.05) is 18.2 Å². The molecule has 0 saturated heterocycles. The number of hydrogen-bond donors (Lipinski definition) is 0. The Bertz CT molecular complexity index is 389. The Labute approximate surface area is 96.0 Å². The van der Waals surface area contributed by atoms with Crippen molar-refractivity contribution in [2.45, 2.75) is 25.8 Å². The van der Waals surface area contributed by atoms with Crippen LogP contribution in [0.25, 0.3) is 0 Å². The lowest BCUT2D eigenvalue weighted by Gasteiger charge is -2.34. The molecule has 1 aliphatic heterocycles. The Kier molecular flexibility index (Phi) is 3.13. The van der Waals surface area contributed by atoms with Gasteiger partial charge in [-0.15, -0.1) is 0 Å². The van der Waals surface area contributed by atoms with E-state index in [0.717, 1.165) is 19.4 Å². The predicted molar refractivity (Wildman–Crippen MR) is 63.6 cm³/mol. The van der Waals surface area contributed by atoms with Gasteiger partial charge in [0.05, 0.1) is 7.11 Å². The predicted octanol–water partition coefficient (Wildman–Crippen LogP) is 2.00. The zero-order chi connectivity index (χ0) is 11.5. The van der Waals surface area contributed by atoms with Crippen LogP contribution in [0.2, 0.25) is 0 Å². The summed E-state index contributed by atoms with van der Waals surface area (Å²) in [4.78, 5) is 13.7. The van der Waals surface area contributed by atoms with Crippen LogP contribution in [0.3, 0.4) is 0 Å². The Morgan fingerprint density at radius 3 is 2.94 bits per heavy atom. The van der Waals surface area contributed by atoms with E-state index in [2.05, 4.69) is 17.0 Å². The minimum absolute atomic E-state index is 0.170. The number of esters is 1. The summed E-state index contributed by atoms with van der Waals surface area (Å²) in [6, 6.07) is 8.07. The number of carbonyl (C=O) groups excluding carboxylic acids is 1.